The van der Waals surface area contributed by atoms with Gasteiger partial charge in [-0.3, -0.25) is 0 Å². The Labute approximate surface area is 141 Å². The zero-order valence-electron chi connectivity index (χ0n) is 11.9. The summed E-state index contributed by atoms with van der Waals surface area (Å²) in [5.74, 6) is 0. The zero-order chi connectivity index (χ0) is 15.6. The Bertz CT molecular complexity index is 692. The second-order valence-electron chi connectivity index (χ2n) is 4.47. The van der Waals surface area contributed by atoms with Gasteiger partial charge in [0.2, 0.25) is 0 Å². The van der Waals surface area contributed by atoms with Gasteiger partial charge >= 0.3 is 29.7 Å². The molecule has 3 aromatic carbocycles. The van der Waals surface area contributed by atoms with E-state index in [2.05, 4.69) is 53.4 Å². The smallest absolute Gasteiger partial charge is 0.00705 e. The van der Waals surface area contributed by atoms with Gasteiger partial charge in [-0.05, 0) is 17.8 Å². The minimum absolute atomic E-state index is 1.23. The van der Waals surface area contributed by atoms with Gasteiger partial charge in [-0.1, -0.05) is 6.07 Å². The Balaban J connectivity index is 0.000000184. The van der Waals surface area contributed by atoms with Gasteiger partial charge < -0.3 is 4.57 Å². The van der Waals surface area contributed by atoms with Crippen molar-refractivity contribution >= 4 is 10.8 Å². The van der Waals surface area contributed by atoms with Crippen LogP contribution < -0.4 is 0 Å². The second-order valence-corrected chi connectivity index (χ2v) is 4.82. The number of halogens is 2. The Morgan fingerprint density at radius 3 is 2.05 bits per heavy atom. The van der Waals surface area contributed by atoms with Crippen molar-refractivity contribution in [2.75, 3.05) is 0 Å². The topological polar surface area (TPSA) is 4.93 Å². The van der Waals surface area contributed by atoms with Crippen LogP contribution in [0.5, 0.6) is 0 Å². The third-order valence-corrected chi connectivity index (χ3v) is 3.06. The Morgan fingerprint density at radius 2 is 1.50 bits per heavy atom. The molecule has 0 aliphatic rings. The van der Waals surface area contributed by atoms with E-state index >= 15 is 0 Å². The number of hydrogen-bond donors (Lipinski definition) is 0. The van der Waals surface area contributed by atoms with Crippen molar-refractivity contribution in [3.05, 3.63) is 91.3 Å². The van der Waals surface area contributed by atoms with Crippen LogP contribution in [0.25, 0.3) is 16.5 Å². The average Bonchev–Trinajstić information content (AvgIpc) is 3.29. The maximum absolute atomic E-state index is 9.80. The van der Waals surface area contributed by atoms with Crippen molar-refractivity contribution in [2.45, 2.75) is 0 Å². The fourth-order valence-electron chi connectivity index (χ4n) is 2.11. The molecule has 1 nitrogen and oxygen atoms in total. The van der Waals surface area contributed by atoms with Crippen LogP contribution in [0.3, 0.4) is 0 Å². The fourth-order valence-corrected chi connectivity index (χ4v) is 2.11. The summed E-state index contributed by atoms with van der Waals surface area (Å²) in [6.45, 7) is 0. The van der Waals surface area contributed by atoms with Crippen LogP contribution in [-0.2, 0) is 24.5 Å². The molecule has 0 bridgehead atoms. The zero-order valence-corrected chi connectivity index (χ0v) is 14.3. The minimum atomic E-state index is -2.77. The normalized spacial score (nSPS) is 9.18. The molecule has 0 saturated heterocycles. The maximum Gasteiger partial charge on any atom is 0.00705 e. The number of fused-ring (bicyclic) bond motifs is 1. The first kappa shape index (κ1) is 16.6. The first-order chi connectivity index (χ1) is 10.8. The van der Waals surface area contributed by atoms with Gasteiger partial charge in [0.15, 0.2) is 0 Å². The largest absolute Gasteiger partial charge is 0.342 e. The summed E-state index contributed by atoms with van der Waals surface area (Å²) in [6.07, 6.45) is 4.13. The summed E-state index contributed by atoms with van der Waals surface area (Å²) in [5, 5.41) is 2.60. The summed E-state index contributed by atoms with van der Waals surface area (Å²) in [6, 6.07) is 26.9. The van der Waals surface area contributed by atoms with Crippen LogP contribution in [0.2, 0.25) is 0 Å². The van der Waals surface area contributed by atoms with Crippen molar-refractivity contribution in [1.82, 2.24) is 4.57 Å². The van der Waals surface area contributed by atoms with E-state index in [1.54, 1.807) is 0 Å². The summed E-state index contributed by atoms with van der Waals surface area (Å²) in [7, 11) is 0. The quantitative estimate of drug-likeness (QED) is 0.383. The van der Waals surface area contributed by atoms with Gasteiger partial charge in [0.25, 0.3) is 0 Å². The average molecular weight is 375 g/mol. The van der Waals surface area contributed by atoms with E-state index in [1.807, 2.05) is 42.5 Å². The van der Waals surface area contributed by atoms with E-state index in [1.165, 1.54) is 16.5 Å². The first-order valence-corrected chi connectivity index (χ1v) is 8.62. The summed E-state index contributed by atoms with van der Waals surface area (Å²) in [4.78, 5) is 0. The molecule has 0 aliphatic carbocycles. The number of benzene rings is 1. The van der Waals surface area contributed by atoms with Crippen molar-refractivity contribution < 1.29 is 29.7 Å². The van der Waals surface area contributed by atoms with Crippen LogP contribution in [0.4, 0.5) is 5.25 Å². The molecule has 0 unspecified atom stereocenters. The molecule has 4 rings (SSSR count). The van der Waals surface area contributed by atoms with E-state index in [0.717, 1.165) is 0 Å². The van der Waals surface area contributed by atoms with E-state index in [9.17, 15) is 5.25 Å². The number of aromatic nitrogens is 1. The van der Waals surface area contributed by atoms with Gasteiger partial charge in [0.05, 0.1) is 0 Å². The Kier molecular flexibility index (Phi) is 6.98. The van der Waals surface area contributed by atoms with Gasteiger partial charge in [0.1, 0.15) is 0 Å². The monoisotopic (exact) mass is 373 g/mol. The molecule has 0 spiro atoms. The maximum atomic E-state index is 9.80. The summed E-state index contributed by atoms with van der Waals surface area (Å²) >= 11 is -2.77. The molecule has 1 heterocycles. The molecule has 110 valence electrons. The van der Waals surface area contributed by atoms with E-state index in [0.29, 0.717) is 0 Å². The van der Waals surface area contributed by atoms with Crippen molar-refractivity contribution in [3.63, 3.8) is 0 Å². The van der Waals surface area contributed by atoms with E-state index in [4.69, 9.17) is 0 Å². The van der Waals surface area contributed by atoms with Crippen LogP contribution >= 0.6 is 0 Å². The molecule has 22 heavy (non-hydrogen) atoms. The van der Waals surface area contributed by atoms with Gasteiger partial charge in [-0.25, -0.2) is 12.1 Å². The van der Waals surface area contributed by atoms with Crippen molar-refractivity contribution in [1.29, 1.82) is 0 Å². The Hall–Kier alpha value is -1.80. The summed E-state index contributed by atoms with van der Waals surface area (Å²) in [5.41, 5.74) is 1.23. The third-order valence-electron chi connectivity index (χ3n) is 3.06. The van der Waals surface area contributed by atoms with Crippen molar-refractivity contribution in [3.8, 4) is 5.69 Å². The number of nitrogens with zero attached hydrogens (tertiary/aromatic N) is 1. The first-order valence-electron chi connectivity index (χ1n) is 6.77. The molecule has 4 aromatic rings. The summed E-state index contributed by atoms with van der Waals surface area (Å²) < 4.78 is 21.7. The van der Waals surface area contributed by atoms with Crippen LogP contribution in [0.1, 0.15) is 0 Å². The second kappa shape index (κ2) is 9.27. The van der Waals surface area contributed by atoms with E-state index < -0.39 is 24.5 Å². The SMILES string of the molecule is [F][Zr+2][F].c1cc[cH-]c1.c1ccc2[cH-]c(-n3cccc3)cc2c1. The predicted molar refractivity (Wildman–Crippen MR) is 83.1 cm³/mol. The van der Waals surface area contributed by atoms with Crippen LogP contribution in [0, 0.1) is 0 Å². The molecule has 0 aliphatic heterocycles. The Morgan fingerprint density at radius 1 is 0.864 bits per heavy atom. The van der Waals surface area contributed by atoms with Gasteiger partial charge in [-0.2, -0.15) is 18.2 Å². The fraction of sp³-hybridized carbons (Fsp3) is 0. The van der Waals surface area contributed by atoms with Crippen LogP contribution in [-0.4, -0.2) is 4.57 Å². The molecule has 0 fully saturated rings. The molecule has 0 atom stereocenters. The van der Waals surface area contributed by atoms with Gasteiger partial charge in [0, 0.05) is 12.4 Å². The molecular formula is C18H15F2NZr. The van der Waals surface area contributed by atoms with E-state index in [-0.39, 0.29) is 0 Å². The molecule has 0 amide bonds. The van der Waals surface area contributed by atoms with Gasteiger partial charge in [-0.15, -0.1) is 41.1 Å². The third kappa shape index (κ3) is 4.89. The predicted octanol–water partition coefficient (Wildman–Crippen LogP) is 5.59. The van der Waals surface area contributed by atoms with Crippen molar-refractivity contribution in [2.24, 2.45) is 0 Å². The molecule has 1 aromatic heterocycles. The molecule has 0 radical (unpaired) electrons. The molecule has 0 N–H and O–H groups in total. The minimum Gasteiger partial charge on any atom is -0.342 e. The van der Waals surface area contributed by atoms with Crippen LogP contribution in [0.15, 0.2) is 91.3 Å². The number of rotatable bonds is 1. The number of hydrogen-bond acceptors (Lipinski definition) is 0. The molecule has 0 saturated carbocycles. The molecular weight excluding hydrogens is 359 g/mol. The standard InChI is InChI=1S/C13H10N.C5H5.2FH.Zr/c1-2-6-12-10-13(9-11(12)5-1)14-7-3-4-8-14;1-2-4-5-3-1;;;/h1-10H;1-5H;2*1H;/q2*-1;;;+4/p-2. The molecule has 4 heteroatoms.